The number of nitrogens with zero attached hydrogens (tertiary/aromatic N) is 2. The Hall–Kier alpha value is -1.96. The molecule has 29 heavy (non-hydrogen) atoms. The number of rotatable bonds is 6. The zero-order valence-corrected chi connectivity index (χ0v) is 17.3. The first-order valence-corrected chi connectivity index (χ1v) is 11.6. The minimum absolute atomic E-state index is 0.0170. The fourth-order valence-corrected chi connectivity index (χ4v) is 7.16. The molecule has 0 unspecified atom stereocenters. The summed E-state index contributed by atoms with van der Waals surface area (Å²) in [6.45, 7) is 0.447. The minimum Gasteiger partial charge on any atom is -0.455 e. The van der Waals surface area contributed by atoms with Gasteiger partial charge in [0.05, 0.1) is 12.1 Å². The molecule has 1 aromatic rings. The first-order chi connectivity index (χ1) is 14.0. The third kappa shape index (κ3) is 3.91. The number of hydrogen-bond donors (Lipinski definition) is 1. The summed E-state index contributed by atoms with van der Waals surface area (Å²) >= 11 is 1.36. The molecule has 0 atom stereocenters. The molecule has 5 fully saturated rings. The number of amides is 2. The normalized spacial score (nSPS) is 32.6. The quantitative estimate of drug-likeness (QED) is 0.718. The van der Waals surface area contributed by atoms with Crippen LogP contribution in [0.25, 0.3) is 0 Å². The van der Waals surface area contributed by atoms with Crippen molar-refractivity contribution in [2.24, 2.45) is 17.8 Å². The lowest BCUT2D eigenvalue weighted by atomic mass is 9.53. The zero-order chi connectivity index (χ0) is 20.0. The van der Waals surface area contributed by atoms with Gasteiger partial charge in [-0.15, -0.1) is 11.3 Å². The summed E-state index contributed by atoms with van der Waals surface area (Å²) in [6, 6.07) is 0. The predicted molar refractivity (Wildman–Crippen MR) is 107 cm³/mol. The van der Waals surface area contributed by atoms with E-state index in [2.05, 4.69) is 10.3 Å². The molecule has 5 aliphatic rings. The van der Waals surface area contributed by atoms with E-state index < -0.39 is 5.97 Å². The van der Waals surface area contributed by atoms with Crippen LogP contribution in [0, 0.1) is 17.8 Å². The molecule has 0 spiro atoms. The summed E-state index contributed by atoms with van der Waals surface area (Å²) in [5.74, 6) is 1.69. The highest BCUT2D eigenvalue weighted by Crippen LogP contribution is 2.55. The van der Waals surface area contributed by atoms with Gasteiger partial charge in [0.25, 0.3) is 5.91 Å². The SMILES string of the molecule is O=C(COC(=O)Cc1csc(N2CCCC2=O)n1)NC12CC3CC(CC(C3)C1)C2. The zero-order valence-electron chi connectivity index (χ0n) is 16.5. The van der Waals surface area contributed by atoms with Crippen LogP contribution < -0.4 is 10.2 Å². The van der Waals surface area contributed by atoms with Crippen molar-refractivity contribution in [2.75, 3.05) is 18.1 Å². The molecule has 1 N–H and O–H groups in total. The number of aromatic nitrogens is 1. The average molecular weight is 418 g/mol. The summed E-state index contributed by atoms with van der Waals surface area (Å²) in [6.07, 6.45) is 8.61. The Labute approximate surface area is 174 Å². The van der Waals surface area contributed by atoms with Crippen LogP contribution in [0.15, 0.2) is 5.38 Å². The molecule has 4 bridgehead atoms. The van der Waals surface area contributed by atoms with Gasteiger partial charge in [0, 0.05) is 23.9 Å². The molecule has 1 saturated heterocycles. The molecule has 1 aromatic heterocycles. The molecule has 4 saturated carbocycles. The second kappa shape index (κ2) is 7.38. The molecular formula is C21H27N3O4S. The highest BCUT2D eigenvalue weighted by molar-refractivity contribution is 7.14. The van der Waals surface area contributed by atoms with Gasteiger partial charge in [-0.1, -0.05) is 0 Å². The van der Waals surface area contributed by atoms with Crippen molar-refractivity contribution in [3.63, 3.8) is 0 Å². The molecule has 4 aliphatic carbocycles. The van der Waals surface area contributed by atoms with Crippen LogP contribution in [0.2, 0.25) is 0 Å². The first-order valence-electron chi connectivity index (χ1n) is 10.7. The molecule has 2 heterocycles. The van der Waals surface area contributed by atoms with E-state index in [4.69, 9.17) is 4.74 Å². The maximum absolute atomic E-state index is 12.5. The lowest BCUT2D eigenvalue weighted by Gasteiger charge is -2.56. The highest BCUT2D eigenvalue weighted by atomic mass is 32.1. The van der Waals surface area contributed by atoms with Crippen molar-refractivity contribution >= 4 is 34.3 Å². The second-order valence-electron chi connectivity index (χ2n) is 9.35. The Morgan fingerprint density at radius 1 is 1.21 bits per heavy atom. The van der Waals surface area contributed by atoms with Gasteiger partial charge in [0.1, 0.15) is 0 Å². The molecule has 2 amide bonds. The van der Waals surface area contributed by atoms with E-state index in [0.717, 1.165) is 43.4 Å². The van der Waals surface area contributed by atoms with Crippen LogP contribution in [0.5, 0.6) is 0 Å². The van der Waals surface area contributed by atoms with Crippen molar-refractivity contribution in [2.45, 2.75) is 63.3 Å². The predicted octanol–water partition coefficient (Wildman–Crippen LogP) is 2.44. The van der Waals surface area contributed by atoms with Crippen LogP contribution in [0.1, 0.15) is 57.1 Å². The largest absolute Gasteiger partial charge is 0.455 e. The van der Waals surface area contributed by atoms with E-state index in [-0.39, 0.29) is 30.4 Å². The molecule has 7 nitrogen and oxygen atoms in total. The molecule has 156 valence electrons. The maximum Gasteiger partial charge on any atom is 0.312 e. The van der Waals surface area contributed by atoms with Gasteiger partial charge in [0.15, 0.2) is 11.7 Å². The van der Waals surface area contributed by atoms with Crippen LogP contribution in [0.3, 0.4) is 0 Å². The van der Waals surface area contributed by atoms with E-state index in [0.29, 0.717) is 23.8 Å². The Morgan fingerprint density at radius 3 is 2.52 bits per heavy atom. The molecule has 0 aromatic carbocycles. The summed E-state index contributed by atoms with van der Waals surface area (Å²) in [4.78, 5) is 42.5. The number of thiazole rings is 1. The van der Waals surface area contributed by atoms with Gasteiger partial charge in [-0.05, 0) is 62.7 Å². The summed E-state index contributed by atoms with van der Waals surface area (Å²) in [7, 11) is 0. The van der Waals surface area contributed by atoms with E-state index in [9.17, 15) is 14.4 Å². The number of nitrogens with one attached hydrogen (secondary N) is 1. The van der Waals surface area contributed by atoms with E-state index in [1.165, 1.54) is 30.6 Å². The van der Waals surface area contributed by atoms with Crippen LogP contribution in [-0.4, -0.2) is 41.5 Å². The lowest BCUT2D eigenvalue weighted by molar-refractivity contribution is -0.149. The molecule has 0 radical (unpaired) electrons. The molecule has 1 aliphatic heterocycles. The number of anilines is 1. The van der Waals surface area contributed by atoms with Crippen LogP contribution in [-0.2, 0) is 25.5 Å². The van der Waals surface area contributed by atoms with Gasteiger partial charge in [-0.25, -0.2) is 4.98 Å². The Morgan fingerprint density at radius 2 is 1.90 bits per heavy atom. The monoisotopic (exact) mass is 417 g/mol. The first kappa shape index (κ1) is 19.0. The summed E-state index contributed by atoms with van der Waals surface area (Å²) < 4.78 is 5.21. The van der Waals surface area contributed by atoms with Crippen molar-refractivity contribution in [3.05, 3.63) is 11.1 Å². The Balaban J connectivity index is 1.10. The second-order valence-corrected chi connectivity index (χ2v) is 10.2. The van der Waals surface area contributed by atoms with Crippen molar-refractivity contribution < 1.29 is 19.1 Å². The van der Waals surface area contributed by atoms with Gasteiger partial charge < -0.3 is 10.1 Å². The van der Waals surface area contributed by atoms with Crippen molar-refractivity contribution in [3.8, 4) is 0 Å². The van der Waals surface area contributed by atoms with E-state index in [1.807, 2.05) is 0 Å². The van der Waals surface area contributed by atoms with Crippen molar-refractivity contribution in [1.29, 1.82) is 0 Å². The molecule has 8 heteroatoms. The van der Waals surface area contributed by atoms with Crippen LogP contribution >= 0.6 is 11.3 Å². The average Bonchev–Trinajstić information content (AvgIpc) is 3.27. The van der Waals surface area contributed by atoms with Gasteiger partial charge >= 0.3 is 5.97 Å². The Kier molecular flexibility index (Phi) is 4.84. The van der Waals surface area contributed by atoms with E-state index >= 15 is 0 Å². The third-order valence-electron chi connectivity index (χ3n) is 6.98. The topological polar surface area (TPSA) is 88.6 Å². The summed E-state index contributed by atoms with van der Waals surface area (Å²) in [5, 5.41) is 5.63. The number of carbonyl (C=O) groups excluding carboxylic acids is 3. The van der Waals surface area contributed by atoms with Gasteiger partial charge in [0.2, 0.25) is 5.91 Å². The lowest BCUT2D eigenvalue weighted by Crippen LogP contribution is -2.60. The molecule has 6 rings (SSSR count). The maximum atomic E-state index is 12.5. The standard InChI is InChI=1S/C21H27N3O4S/c25-17(23-21-8-13-4-14(9-21)6-15(5-13)10-21)11-28-19(27)7-16-12-29-20(22-16)24-3-1-2-18(24)26/h12-15H,1-11H2,(H,23,25). The van der Waals surface area contributed by atoms with Crippen molar-refractivity contribution in [1.82, 2.24) is 10.3 Å². The van der Waals surface area contributed by atoms with E-state index in [1.54, 1.807) is 10.3 Å². The number of esters is 1. The summed E-state index contributed by atoms with van der Waals surface area (Å²) in [5.41, 5.74) is 0.515. The number of ether oxygens (including phenoxy) is 1. The minimum atomic E-state index is -0.463. The molecular weight excluding hydrogens is 390 g/mol. The van der Waals surface area contributed by atoms with Crippen LogP contribution in [0.4, 0.5) is 5.13 Å². The number of hydrogen-bond acceptors (Lipinski definition) is 6. The smallest absolute Gasteiger partial charge is 0.312 e. The fraction of sp³-hybridized carbons (Fsp3) is 0.714. The number of carbonyl (C=O) groups is 3. The van der Waals surface area contributed by atoms with Gasteiger partial charge in [-0.3, -0.25) is 19.3 Å². The Bertz CT molecular complexity index is 800. The van der Waals surface area contributed by atoms with Gasteiger partial charge in [-0.2, -0.15) is 0 Å². The highest BCUT2D eigenvalue weighted by Gasteiger charge is 2.51. The third-order valence-corrected chi connectivity index (χ3v) is 7.89. The fourth-order valence-electron chi connectivity index (χ4n) is 6.29.